The Kier molecular flexibility index (Phi) is 9.32. The summed E-state index contributed by atoms with van der Waals surface area (Å²) in [5.74, 6) is 1.83. The van der Waals surface area contributed by atoms with E-state index in [-0.39, 0.29) is 0 Å². The van der Waals surface area contributed by atoms with Gasteiger partial charge >= 0.3 is 0 Å². The maximum absolute atomic E-state index is 5.55. The van der Waals surface area contributed by atoms with E-state index in [1.165, 1.54) is 54.9 Å². The lowest BCUT2D eigenvalue weighted by molar-refractivity contribution is 1.05. The average molecular weight is 848 g/mol. The molecule has 0 aliphatic rings. The number of hydrogen-bond donors (Lipinski definition) is 0. The van der Waals surface area contributed by atoms with E-state index in [1.54, 1.807) is 0 Å². The first-order valence-electron chi connectivity index (χ1n) is 22.6. The average Bonchev–Trinajstić information content (AvgIpc) is 3.86. The molecule has 314 valence electrons. The Hall–Kier alpha value is -8.41. The lowest BCUT2D eigenvalue weighted by Crippen LogP contribution is -2.06. The molecule has 0 N–H and O–H groups in total. The lowest BCUT2D eigenvalue weighted by Gasteiger charge is -2.17. The Morgan fingerprint density at radius 1 is 0.288 bits per heavy atom. The van der Waals surface area contributed by atoms with Gasteiger partial charge in [-0.05, 0) is 110 Å². The number of para-hydroxylation sites is 2. The van der Waals surface area contributed by atoms with Crippen molar-refractivity contribution in [2.75, 3.05) is 0 Å². The van der Waals surface area contributed by atoms with Crippen LogP contribution in [-0.4, -0.2) is 24.1 Å². The zero-order chi connectivity index (χ0) is 44.5. The largest absolute Gasteiger partial charge is 0.308 e. The second kappa shape index (κ2) is 15.7. The molecule has 0 saturated carbocycles. The van der Waals surface area contributed by atoms with Gasteiger partial charge in [0.05, 0.1) is 33.4 Å². The second-order valence-electron chi connectivity index (χ2n) is 17.5. The zero-order valence-electron chi connectivity index (χ0n) is 37.3. The van der Waals surface area contributed by atoms with E-state index in [0.717, 1.165) is 61.3 Å². The van der Waals surface area contributed by atoms with E-state index in [9.17, 15) is 0 Å². The monoisotopic (exact) mass is 847 g/mol. The molecule has 0 bridgehead atoms. The van der Waals surface area contributed by atoms with Gasteiger partial charge in [0.1, 0.15) is 0 Å². The molecule has 0 radical (unpaired) electrons. The maximum Gasteiger partial charge on any atom is 0.166 e. The quantitative estimate of drug-likeness (QED) is 0.161. The van der Waals surface area contributed by atoms with E-state index in [1.807, 2.05) is 18.2 Å². The fourth-order valence-electron chi connectivity index (χ4n) is 9.97. The highest BCUT2D eigenvalue weighted by Crippen LogP contribution is 2.41. The van der Waals surface area contributed by atoms with Gasteiger partial charge in [-0.15, -0.1) is 0 Å². The first kappa shape index (κ1) is 39.2. The number of fused-ring (bicyclic) bond motifs is 6. The van der Waals surface area contributed by atoms with Crippen LogP contribution in [0.4, 0.5) is 0 Å². The zero-order valence-corrected chi connectivity index (χ0v) is 37.3. The Balaban J connectivity index is 1.12. The van der Waals surface area contributed by atoms with Crippen LogP contribution in [0.5, 0.6) is 0 Å². The number of benzene rings is 9. The van der Waals surface area contributed by atoms with Crippen molar-refractivity contribution in [2.45, 2.75) is 27.7 Å². The van der Waals surface area contributed by atoms with Crippen molar-refractivity contribution >= 4 is 43.6 Å². The highest BCUT2D eigenvalue weighted by molar-refractivity contribution is 6.12. The number of rotatable bonds is 7. The van der Waals surface area contributed by atoms with Crippen molar-refractivity contribution < 1.29 is 0 Å². The predicted octanol–water partition coefficient (Wildman–Crippen LogP) is 15.6. The van der Waals surface area contributed by atoms with Crippen LogP contribution < -0.4 is 0 Å². The molecular weight excluding hydrogens is 803 g/mol. The molecule has 0 spiro atoms. The van der Waals surface area contributed by atoms with Crippen molar-refractivity contribution in [1.82, 2.24) is 24.1 Å². The summed E-state index contributed by atoms with van der Waals surface area (Å²) in [7, 11) is 0. The fraction of sp³-hybridized carbons (Fsp3) is 0.0656. The van der Waals surface area contributed by atoms with E-state index in [2.05, 4.69) is 219 Å². The Labute approximate surface area is 384 Å². The minimum absolute atomic E-state index is 0.607. The molecular formula is C61H45N5. The maximum atomic E-state index is 5.55. The van der Waals surface area contributed by atoms with Crippen LogP contribution in [-0.2, 0) is 0 Å². The molecule has 9 aromatic carbocycles. The van der Waals surface area contributed by atoms with Crippen molar-refractivity contribution in [1.29, 1.82) is 0 Å². The normalized spacial score (nSPS) is 11.6. The van der Waals surface area contributed by atoms with Gasteiger partial charge in [-0.25, -0.2) is 15.0 Å². The molecule has 0 aliphatic heterocycles. The van der Waals surface area contributed by atoms with Gasteiger partial charge in [0.15, 0.2) is 17.5 Å². The molecule has 3 heterocycles. The Morgan fingerprint density at radius 3 is 1.18 bits per heavy atom. The topological polar surface area (TPSA) is 48.5 Å². The first-order valence-corrected chi connectivity index (χ1v) is 22.6. The molecule has 12 aromatic rings. The number of aromatic nitrogens is 5. The second-order valence-corrected chi connectivity index (χ2v) is 17.5. The molecule has 0 amide bonds. The third-order valence-electron chi connectivity index (χ3n) is 13.2. The molecule has 0 saturated heterocycles. The van der Waals surface area contributed by atoms with Crippen molar-refractivity contribution in [3.63, 3.8) is 0 Å². The van der Waals surface area contributed by atoms with Crippen LogP contribution in [0.3, 0.4) is 0 Å². The summed E-state index contributed by atoms with van der Waals surface area (Å²) < 4.78 is 4.80. The van der Waals surface area contributed by atoms with Gasteiger partial charge in [-0.2, -0.15) is 0 Å². The van der Waals surface area contributed by atoms with Crippen molar-refractivity contribution in [3.05, 3.63) is 222 Å². The molecule has 0 unspecified atom stereocenters. The summed E-state index contributed by atoms with van der Waals surface area (Å²) in [5.41, 5.74) is 18.8. The summed E-state index contributed by atoms with van der Waals surface area (Å²) >= 11 is 0. The SMILES string of the molecule is Cc1ccc(-n2c3ccccc3c3ccc(-c4ccccc4C)cc32)c(-c2nc(-c3ccccc3)nc(-c3cc(C)ccc3-n3c4ccccc4c4ccc(-c5ccccc5C)cc43)n2)c1. The van der Waals surface area contributed by atoms with E-state index < -0.39 is 0 Å². The predicted molar refractivity (Wildman–Crippen MR) is 275 cm³/mol. The molecule has 5 nitrogen and oxygen atoms in total. The smallest absolute Gasteiger partial charge is 0.166 e. The highest BCUT2D eigenvalue weighted by atomic mass is 15.1. The van der Waals surface area contributed by atoms with Gasteiger partial charge in [0.25, 0.3) is 0 Å². The van der Waals surface area contributed by atoms with Crippen molar-refractivity contribution in [2.24, 2.45) is 0 Å². The van der Waals surface area contributed by atoms with Crippen LogP contribution in [0.1, 0.15) is 22.3 Å². The molecule has 0 aliphatic carbocycles. The molecule has 0 atom stereocenters. The number of aryl methyl sites for hydroxylation is 4. The Bertz CT molecular complexity index is 3640. The molecule has 12 rings (SSSR count). The van der Waals surface area contributed by atoms with Crippen LogP contribution in [0.2, 0.25) is 0 Å². The lowest BCUT2D eigenvalue weighted by atomic mass is 9.99. The Morgan fingerprint density at radius 2 is 0.697 bits per heavy atom. The molecule has 66 heavy (non-hydrogen) atoms. The standard InChI is InChI=1S/C61H45N5/c1-38-26-32-55(65-53-24-14-12-22-47(53)49-30-28-43(36-57(49)65)45-20-10-8-16-40(45)3)51(34-38)60-62-59(42-18-6-5-7-19-42)63-61(64-60)52-35-39(2)27-33-56(52)66-54-25-15-13-23-48(54)50-31-29-44(37-58(50)66)46-21-11-9-17-41(46)4/h5-37H,1-4H3. The van der Waals surface area contributed by atoms with Crippen LogP contribution >= 0.6 is 0 Å². The van der Waals surface area contributed by atoms with Crippen molar-refractivity contribution in [3.8, 4) is 67.8 Å². The number of nitrogens with zero attached hydrogens (tertiary/aromatic N) is 5. The third-order valence-corrected chi connectivity index (χ3v) is 13.2. The van der Waals surface area contributed by atoms with E-state index >= 15 is 0 Å². The van der Waals surface area contributed by atoms with E-state index in [0.29, 0.717) is 17.5 Å². The van der Waals surface area contributed by atoms with Gasteiger partial charge in [0.2, 0.25) is 0 Å². The minimum Gasteiger partial charge on any atom is -0.308 e. The number of hydrogen-bond acceptors (Lipinski definition) is 3. The molecule has 0 fully saturated rings. The summed E-state index contributed by atoms with van der Waals surface area (Å²) in [6.45, 7) is 8.64. The summed E-state index contributed by atoms with van der Waals surface area (Å²) in [6.07, 6.45) is 0. The molecule has 5 heteroatoms. The third kappa shape index (κ3) is 6.50. The van der Waals surface area contributed by atoms with Gasteiger partial charge < -0.3 is 9.13 Å². The highest BCUT2D eigenvalue weighted by Gasteiger charge is 2.23. The van der Waals surface area contributed by atoms with Crippen LogP contribution in [0, 0.1) is 27.7 Å². The minimum atomic E-state index is 0.607. The van der Waals surface area contributed by atoms with Gasteiger partial charge in [-0.3, -0.25) is 0 Å². The molecule has 3 aromatic heterocycles. The van der Waals surface area contributed by atoms with Crippen LogP contribution in [0.25, 0.3) is 111 Å². The summed E-state index contributed by atoms with van der Waals surface area (Å²) in [6, 6.07) is 71.9. The van der Waals surface area contributed by atoms with E-state index in [4.69, 9.17) is 15.0 Å². The van der Waals surface area contributed by atoms with Gasteiger partial charge in [-0.1, -0.05) is 163 Å². The fourth-order valence-corrected chi connectivity index (χ4v) is 9.97. The van der Waals surface area contributed by atoms with Gasteiger partial charge in [0, 0.05) is 38.2 Å². The first-order chi connectivity index (χ1) is 32.4. The summed E-state index contributed by atoms with van der Waals surface area (Å²) in [5, 5.41) is 4.77. The van der Waals surface area contributed by atoms with Crippen LogP contribution in [0.15, 0.2) is 200 Å². The summed E-state index contributed by atoms with van der Waals surface area (Å²) in [4.78, 5) is 16.3.